The summed E-state index contributed by atoms with van der Waals surface area (Å²) in [6.07, 6.45) is 5.86. The van der Waals surface area contributed by atoms with E-state index in [0.29, 0.717) is 23.6 Å². The van der Waals surface area contributed by atoms with Crippen LogP contribution in [0.25, 0.3) is 0 Å². The first-order valence-corrected chi connectivity index (χ1v) is 10.9. The number of carbonyl (C=O) groups excluding carboxylic acids is 1. The molecule has 1 aromatic rings. The second-order valence-electron chi connectivity index (χ2n) is 8.89. The van der Waals surface area contributed by atoms with Gasteiger partial charge in [0, 0.05) is 55.9 Å². The summed E-state index contributed by atoms with van der Waals surface area (Å²) in [7, 11) is 0. The molecule has 0 bridgehead atoms. The van der Waals surface area contributed by atoms with Gasteiger partial charge in [-0.15, -0.1) is 12.4 Å². The Kier molecular flexibility index (Phi) is 7.08. The molecule has 2 heterocycles. The van der Waals surface area contributed by atoms with Crippen LogP contribution < -0.4 is 4.90 Å². The van der Waals surface area contributed by atoms with Crippen molar-refractivity contribution in [2.24, 2.45) is 5.92 Å². The van der Waals surface area contributed by atoms with E-state index in [-0.39, 0.29) is 18.3 Å². The predicted molar refractivity (Wildman–Crippen MR) is 118 cm³/mol. The van der Waals surface area contributed by atoms with Crippen LogP contribution in [-0.2, 0) is 4.79 Å². The van der Waals surface area contributed by atoms with Crippen molar-refractivity contribution < 1.29 is 4.79 Å². The zero-order valence-electron chi connectivity index (χ0n) is 17.6. The lowest BCUT2D eigenvalue weighted by Crippen LogP contribution is -2.63. The Labute approximate surface area is 181 Å². The van der Waals surface area contributed by atoms with Crippen LogP contribution in [0.4, 0.5) is 5.69 Å². The lowest BCUT2D eigenvalue weighted by atomic mass is 9.87. The van der Waals surface area contributed by atoms with Crippen molar-refractivity contribution in [3.05, 3.63) is 29.8 Å². The summed E-state index contributed by atoms with van der Waals surface area (Å²) >= 11 is 0. The van der Waals surface area contributed by atoms with Crippen molar-refractivity contribution in [1.82, 2.24) is 9.80 Å². The molecule has 4 rings (SSSR count). The molecule has 2 aliphatic heterocycles. The molecule has 2 atom stereocenters. The lowest BCUT2D eigenvalue weighted by molar-refractivity contribution is -0.142. The standard InChI is InChI=1S/C23H32N4O.ClH/c1-17-15-26(16-18(2)27(17)22-4-3-5-22)23(28)20-10-12-25(13-11-20)21-8-6-19(14-24)7-9-21;/h6-9,17-18,20,22H,3-5,10-13,15-16H2,1-2H3;1H. The average Bonchev–Trinajstić information content (AvgIpc) is 2.68. The number of anilines is 1. The largest absolute Gasteiger partial charge is 0.371 e. The maximum absolute atomic E-state index is 13.2. The number of piperidine rings is 1. The van der Waals surface area contributed by atoms with E-state index < -0.39 is 0 Å². The number of rotatable bonds is 3. The van der Waals surface area contributed by atoms with E-state index in [1.54, 1.807) is 0 Å². The first-order valence-electron chi connectivity index (χ1n) is 10.9. The van der Waals surface area contributed by atoms with E-state index in [9.17, 15) is 4.79 Å². The molecule has 2 saturated heterocycles. The molecule has 1 saturated carbocycles. The highest BCUT2D eigenvalue weighted by Crippen LogP contribution is 2.32. The van der Waals surface area contributed by atoms with Gasteiger partial charge in [-0.2, -0.15) is 5.26 Å². The molecule has 2 unspecified atom stereocenters. The summed E-state index contributed by atoms with van der Waals surface area (Å²) < 4.78 is 0. The van der Waals surface area contributed by atoms with Gasteiger partial charge < -0.3 is 9.80 Å². The first-order chi connectivity index (χ1) is 13.6. The SMILES string of the molecule is CC1CN(C(=O)C2CCN(c3ccc(C#N)cc3)CC2)CC(C)N1C1CCC1.Cl. The minimum atomic E-state index is 0. The molecule has 1 aromatic carbocycles. The molecule has 3 aliphatic rings. The van der Waals surface area contributed by atoms with Gasteiger partial charge in [-0.25, -0.2) is 0 Å². The minimum absolute atomic E-state index is 0. The van der Waals surface area contributed by atoms with Crippen LogP contribution in [0.5, 0.6) is 0 Å². The van der Waals surface area contributed by atoms with Crippen molar-refractivity contribution in [2.75, 3.05) is 31.1 Å². The number of piperazine rings is 1. The Morgan fingerprint density at radius 1 is 1.00 bits per heavy atom. The predicted octanol–water partition coefficient (Wildman–Crippen LogP) is 3.67. The van der Waals surface area contributed by atoms with Crippen LogP contribution >= 0.6 is 12.4 Å². The Bertz CT molecular complexity index is 722. The second kappa shape index (κ2) is 9.36. The van der Waals surface area contributed by atoms with E-state index in [4.69, 9.17) is 5.26 Å². The Balaban J connectivity index is 0.00000240. The van der Waals surface area contributed by atoms with Crippen LogP contribution in [0.1, 0.15) is 51.5 Å². The molecule has 5 nitrogen and oxygen atoms in total. The van der Waals surface area contributed by atoms with E-state index in [2.05, 4.69) is 34.6 Å². The summed E-state index contributed by atoms with van der Waals surface area (Å²) in [5.74, 6) is 0.524. The number of nitriles is 1. The maximum atomic E-state index is 13.2. The van der Waals surface area contributed by atoms with Crippen molar-refractivity contribution in [3.8, 4) is 6.07 Å². The number of hydrogen-bond acceptors (Lipinski definition) is 4. The van der Waals surface area contributed by atoms with E-state index in [0.717, 1.165) is 50.7 Å². The summed E-state index contributed by atoms with van der Waals surface area (Å²) in [4.78, 5) is 20.3. The highest BCUT2D eigenvalue weighted by atomic mass is 35.5. The molecule has 0 spiro atoms. The average molecular weight is 417 g/mol. The van der Waals surface area contributed by atoms with Crippen LogP contribution in [-0.4, -0.2) is 60.0 Å². The van der Waals surface area contributed by atoms with Crippen LogP contribution in [0.3, 0.4) is 0 Å². The lowest BCUT2D eigenvalue weighted by Gasteiger charge is -2.51. The van der Waals surface area contributed by atoms with Gasteiger partial charge in [0.05, 0.1) is 11.6 Å². The fourth-order valence-electron chi connectivity index (χ4n) is 5.31. The first kappa shape index (κ1) is 21.9. The van der Waals surface area contributed by atoms with Gasteiger partial charge in [-0.1, -0.05) is 6.42 Å². The van der Waals surface area contributed by atoms with Crippen molar-refractivity contribution in [1.29, 1.82) is 5.26 Å². The number of carbonyl (C=O) groups is 1. The molecule has 6 heteroatoms. The van der Waals surface area contributed by atoms with Gasteiger partial charge in [0.1, 0.15) is 0 Å². The number of amides is 1. The van der Waals surface area contributed by atoms with Crippen molar-refractivity contribution in [2.45, 2.75) is 64.1 Å². The third-order valence-corrected chi connectivity index (χ3v) is 7.00. The Morgan fingerprint density at radius 3 is 2.07 bits per heavy atom. The molecule has 1 aliphatic carbocycles. The molecule has 0 radical (unpaired) electrons. The highest BCUT2D eigenvalue weighted by molar-refractivity contribution is 5.85. The van der Waals surface area contributed by atoms with Gasteiger partial charge in [0.25, 0.3) is 0 Å². The third kappa shape index (κ3) is 4.54. The molecule has 0 N–H and O–H groups in total. The van der Waals surface area contributed by atoms with E-state index in [1.165, 1.54) is 19.3 Å². The zero-order valence-corrected chi connectivity index (χ0v) is 18.4. The minimum Gasteiger partial charge on any atom is -0.371 e. The molecule has 0 aromatic heterocycles. The van der Waals surface area contributed by atoms with E-state index in [1.807, 2.05) is 24.3 Å². The van der Waals surface area contributed by atoms with Crippen LogP contribution in [0.2, 0.25) is 0 Å². The summed E-state index contributed by atoms with van der Waals surface area (Å²) in [5, 5.41) is 8.95. The van der Waals surface area contributed by atoms with Crippen molar-refractivity contribution in [3.63, 3.8) is 0 Å². The quantitative estimate of drug-likeness (QED) is 0.754. The maximum Gasteiger partial charge on any atom is 0.225 e. The summed E-state index contributed by atoms with van der Waals surface area (Å²) in [6.45, 7) is 8.18. The highest BCUT2D eigenvalue weighted by Gasteiger charge is 2.39. The summed E-state index contributed by atoms with van der Waals surface area (Å²) in [6, 6.07) is 11.6. The Morgan fingerprint density at radius 2 is 1.59 bits per heavy atom. The number of benzene rings is 1. The van der Waals surface area contributed by atoms with E-state index >= 15 is 0 Å². The molecule has 3 fully saturated rings. The fourth-order valence-corrected chi connectivity index (χ4v) is 5.31. The molecular weight excluding hydrogens is 384 g/mol. The third-order valence-electron chi connectivity index (χ3n) is 7.00. The van der Waals surface area contributed by atoms with Crippen LogP contribution in [0.15, 0.2) is 24.3 Å². The summed E-state index contributed by atoms with van der Waals surface area (Å²) in [5.41, 5.74) is 1.85. The smallest absolute Gasteiger partial charge is 0.225 e. The molecule has 158 valence electrons. The number of hydrogen-bond donors (Lipinski definition) is 0. The zero-order chi connectivity index (χ0) is 19.7. The van der Waals surface area contributed by atoms with Gasteiger partial charge >= 0.3 is 0 Å². The Hall–Kier alpha value is -1.77. The number of nitrogens with zero attached hydrogens (tertiary/aromatic N) is 4. The fraction of sp³-hybridized carbons (Fsp3) is 0.652. The molecular formula is C23H33ClN4O. The molecule has 1 amide bonds. The van der Waals surface area contributed by atoms with Gasteiger partial charge in [-0.3, -0.25) is 9.69 Å². The molecule has 29 heavy (non-hydrogen) atoms. The van der Waals surface area contributed by atoms with Crippen LogP contribution in [0, 0.1) is 17.2 Å². The van der Waals surface area contributed by atoms with Crippen molar-refractivity contribution >= 4 is 24.0 Å². The normalized spacial score (nSPS) is 26.4. The van der Waals surface area contributed by atoms with Gasteiger partial charge in [-0.05, 0) is 63.8 Å². The second-order valence-corrected chi connectivity index (χ2v) is 8.89. The number of halogens is 1. The van der Waals surface area contributed by atoms with Gasteiger partial charge in [0.15, 0.2) is 0 Å². The monoisotopic (exact) mass is 416 g/mol. The van der Waals surface area contributed by atoms with Gasteiger partial charge in [0.2, 0.25) is 5.91 Å². The topological polar surface area (TPSA) is 50.6 Å².